The van der Waals surface area contributed by atoms with Crippen LogP contribution in [0.3, 0.4) is 0 Å². The highest BCUT2D eigenvalue weighted by Gasteiger charge is 2.18. The third-order valence-electron chi connectivity index (χ3n) is 4.29. The molecule has 0 radical (unpaired) electrons. The average Bonchev–Trinajstić information content (AvgIpc) is 2.98. The standard InChI is InChI=1S/C17H26N2O/c1-14-7-3-4-8-16(14)13-18-17(20)10-9-15(2)19-11-5-6-12-19/h3-4,7-8,15H,5-6,9-13H2,1-2H3,(H,18,20). The molecule has 1 fully saturated rings. The number of nitrogens with zero attached hydrogens (tertiary/aromatic N) is 1. The summed E-state index contributed by atoms with van der Waals surface area (Å²) in [5.74, 6) is 0.166. The predicted molar refractivity (Wildman–Crippen MR) is 82.5 cm³/mol. The molecule has 0 bridgehead atoms. The van der Waals surface area contributed by atoms with Crippen molar-refractivity contribution in [1.29, 1.82) is 0 Å². The lowest BCUT2D eigenvalue weighted by Gasteiger charge is -2.23. The van der Waals surface area contributed by atoms with E-state index >= 15 is 0 Å². The van der Waals surface area contributed by atoms with Crippen LogP contribution in [-0.4, -0.2) is 29.9 Å². The molecule has 1 unspecified atom stereocenters. The van der Waals surface area contributed by atoms with Crippen molar-refractivity contribution in [2.45, 2.75) is 52.1 Å². The highest BCUT2D eigenvalue weighted by Crippen LogP contribution is 2.15. The van der Waals surface area contributed by atoms with E-state index in [2.05, 4.69) is 36.2 Å². The van der Waals surface area contributed by atoms with E-state index in [1.165, 1.54) is 37.1 Å². The fourth-order valence-corrected chi connectivity index (χ4v) is 2.80. The normalized spacial score (nSPS) is 17.1. The van der Waals surface area contributed by atoms with Gasteiger partial charge in [-0.1, -0.05) is 24.3 Å². The topological polar surface area (TPSA) is 32.3 Å². The molecule has 20 heavy (non-hydrogen) atoms. The summed E-state index contributed by atoms with van der Waals surface area (Å²) < 4.78 is 0. The van der Waals surface area contributed by atoms with Gasteiger partial charge in [0.05, 0.1) is 0 Å². The van der Waals surface area contributed by atoms with Gasteiger partial charge >= 0.3 is 0 Å². The molecule has 0 spiro atoms. The number of aryl methyl sites for hydroxylation is 1. The lowest BCUT2D eigenvalue weighted by molar-refractivity contribution is -0.121. The number of rotatable bonds is 6. The van der Waals surface area contributed by atoms with Crippen molar-refractivity contribution in [2.24, 2.45) is 0 Å². The quantitative estimate of drug-likeness (QED) is 0.865. The minimum absolute atomic E-state index is 0.166. The van der Waals surface area contributed by atoms with Crippen molar-refractivity contribution in [3.05, 3.63) is 35.4 Å². The van der Waals surface area contributed by atoms with Crippen molar-refractivity contribution in [3.8, 4) is 0 Å². The maximum Gasteiger partial charge on any atom is 0.220 e. The number of carbonyl (C=O) groups excluding carboxylic acids is 1. The van der Waals surface area contributed by atoms with Crippen molar-refractivity contribution in [2.75, 3.05) is 13.1 Å². The second-order valence-corrected chi connectivity index (χ2v) is 5.83. The lowest BCUT2D eigenvalue weighted by Crippen LogP contribution is -2.32. The third-order valence-corrected chi connectivity index (χ3v) is 4.29. The Hall–Kier alpha value is -1.35. The fraction of sp³-hybridized carbons (Fsp3) is 0.588. The predicted octanol–water partition coefficient (Wildman–Crippen LogP) is 2.88. The van der Waals surface area contributed by atoms with Gasteiger partial charge in [0, 0.05) is 19.0 Å². The smallest absolute Gasteiger partial charge is 0.220 e. The molecular formula is C17H26N2O. The van der Waals surface area contributed by atoms with Crippen molar-refractivity contribution >= 4 is 5.91 Å². The van der Waals surface area contributed by atoms with Crippen molar-refractivity contribution in [1.82, 2.24) is 10.2 Å². The Morgan fingerprint density at radius 1 is 1.30 bits per heavy atom. The van der Waals surface area contributed by atoms with E-state index in [0.29, 0.717) is 19.0 Å². The van der Waals surface area contributed by atoms with E-state index in [1.54, 1.807) is 0 Å². The minimum atomic E-state index is 0.166. The molecule has 1 aromatic carbocycles. The van der Waals surface area contributed by atoms with Crippen LogP contribution in [0.2, 0.25) is 0 Å². The SMILES string of the molecule is Cc1ccccc1CNC(=O)CCC(C)N1CCCC1. The monoisotopic (exact) mass is 274 g/mol. The molecule has 0 aliphatic carbocycles. The van der Waals surface area contributed by atoms with Gasteiger partial charge in [-0.25, -0.2) is 0 Å². The summed E-state index contributed by atoms with van der Waals surface area (Å²) in [5, 5.41) is 3.03. The molecule has 0 saturated carbocycles. The maximum atomic E-state index is 11.9. The van der Waals surface area contributed by atoms with E-state index < -0.39 is 0 Å². The zero-order valence-corrected chi connectivity index (χ0v) is 12.7. The van der Waals surface area contributed by atoms with Gasteiger partial charge in [-0.15, -0.1) is 0 Å². The molecule has 0 aromatic heterocycles. The fourth-order valence-electron chi connectivity index (χ4n) is 2.80. The maximum absolute atomic E-state index is 11.9. The summed E-state index contributed by atoms with van der Waals surface area (Å²) in [6, 6.07) is 8.73. The average molecular weight is 274 g/mol. The Bertz CT molecular complexity index is 438. The second-order valence-electron chi connectivity index (χ2n) is 5.83. The Morgan fingerprint density at radius 2 is 2.00 bits per heavy atom. The molecule has 3 heteroatoms. The molecule has 1 heterocycles. The molecule has 110 valence electrons. The first-order chi connectivity index (χ1) is 9.66. The number of amides is 1. The first-order valence-electron chi connectivity index (χ1n) is 7.72. The van der Waals surface area contributed by atoms with Crippen LogP contribution in [0.4, 0.5) is 0 Å². The highest BCUT2D eigenvalue weighted by atomic mass is 16.1. The molecule has 1 N–H and O–H groups in total. The number of likely N-dealkylation sites (tertiary alicyclic amines) is 1. The van der Waals surface area contributed by atoms with Gasteiger partial charge in [-0.05, 0) is 57.3 Å². The van der Waals surface area contributed by atoms with Crippen LogP contribution in [0.25, 0.3) is 0 Å². The Kier molecular flexibility index (Phi) is 5.60. The van der Waals surface area contributed by atoms with Crippen LogP contribution in [0.1, 0.15) is 43.7 Å². The summed E-state index contributed by atoms with van der Waals surface area (Å²) in [7, 11) is 0. The second kappa shape index (κ2) is 7.44. The van der Waals surface area contributed by atoms with Crippen molar-refractivity contribution in [3.63, 3.8) is 0 Å². The molecule has 1 aliphatic rings. The Morgan fingerprint density at radius 3 is 2.70 bits per heavy atom. The summed E-state index contributed by atoms with van der Waals surface area (Å²) in [6.07, 6.45) is 4.21. The third kappa shape index (κ3) is 4.34. The van der Waals surface area contributed by atoms with Crippen LogP contribution < -0.4 is 5.32 Å². The summed E-state index contributed by atoms with van der Waals surface area (Å²) >= 11 is 0. The molecule has 1 atom stereocenters. The molecule has 3 nitrogen and oxygen atoms in total. The molecule has 1 aromatic rings. The van der Waals surface area contributed by atoms with Gasteiger partial charge in [0.2, 0.25) is 5.91 Å². The first kappa shape index (κ1) is 15.0. The number of nitrogens with one attached hydrogen (secondary N) is 1. The van der Waals surface area contributed by atoms with Crippen molar-refractivity contribution < 1.29 is 4.79 Å². The zero-order valence-electron chi connectivity index (χ0n) is 12.7. The van der Waals surface area contributed by atoms with Crippen LogP contribution in [0.5, 0.6) is 0 Å². The molecule has 1 amide bonds. The molecular weight excluding hydrogens is 248 g/mol. The van der Waals surface area contributed by atoms with Gasteiger partial charge in [0.1, 0.15) is 0 Å². The highest BCUT2D eigenvalue weighted by molar-refractivity contribution is 5.75. The number of hydrogen-bond acceptors (Lipinski definition) is 2. The number of carbonyl (C=O) groups is 1. The zero-order chi connectivity index (χ0) is 14.4. The summed E-state index contributed by atoms with van der Waals surface area (Å²) in [5.41, 5.74) is 2.44. The van der Waals surface area contributed by atoms with E-state index in [0.717, 1.165) is 6.42 Å². The summed E-state index contributed by atoms with van der Waals surface area (Å²) in [4.78, 5) is 14.4. The minimum Gasteiger partial charge on any atom is -0.352 e. The van der Waals surface area contributed by atoms with E-state index in [4.69, 9.17) is 0 Å². The van der Waals surface area contributed by atoms with Gasteiger partial charge < -0.3 is 10.2 Å². The van der Waals surface area contributed by atoms with E-state index in [1.807, 2.05) is 12.1 Å². The van der Waals surface area contributed by atoms with Crippen LogP contribution in [0.15, 0.2) is 24.3 Å². The van der Waals surface area contributed by atoms with Gasteiger partial charge in [-0.3, -0.25) is 4.79 Å². The molecule has 1 saturated heterocycles. The van der Waals surface area contributed by atoms with Gasteiger partial charge in [-0.2, -0.15) is 0 Å². The van der Waals surface area contributed by atoms with E-state index in [9.17, 15) is 4.79 Å². The number of hydrogen-bond donors (Lipinski definition) is 1. The summed E-state index contributed by atoms with van der Waals surface area (Å²) in [6.45, 7) is 7.36. The molecule has 2 rings (SSSR count). The lowest BCUT2D eigenvalue weighted by atomic mass is 10.1. The molecule has 1 aliphatic heterocycles. The van der Waals surface area contributed by atoms with Crippen LogP contribution >= 0.6 is 0 Å². The first-order valence-corrected chi connectivity index (χ1v) is 7.72. The van der Waals surface area contributed by atoms with Crippen LogP contribution in [-0.2, 0) is 11.3 Å². The Balaban J connectivity index is 1.69. The Labute approximate surface area is 122 Å². The number of benzene rings is 1. The van der Waals surface area contributed by atoms with Gasteiger partial charge in [0.15, 0.2) is 0 Å². The van der Waals surface area contributed by atoms with E-state index in [-0.39, 0.29) is 5.91 Å². The van der Waals surface area contributed by atoms with Gasteiger partial charge in [0.25, 0.3) is 0 Å². The van der Waals surface area contributed by atoms with Crippen LogP contribution in [0, 0.1) is 6.92 Å². The largest absolute Gasteiger partial charge is 0.352 e.